The molecule has 0 bridgehead atoms. The number of rotatable bonds is 5. The summed E-state index contributed by atoms with van der Waals surface area (Å²) in [7, 11) is 0. The van der Waals surface area contributed by atoms with E-state index in [0.29, 0.717) is 5.75 Å². The summed E-state index contributed by atoms with van der Waals surface area (Å²) in [5.41, 5.74) is 0. The number of carbonyl (C=O) groups excluding carboxylic acids is 1. The van der Waals surface area contributed by atoms with Crippen LogP contribution in [0.2, 0.25) is 0 Å². The summed E-state index contributed by atoms with van der Waals surface area (Å²) in [5.74, 6) is 0.0394. The number of ketones is 1. The minimum absolute atomic E-state index is 0.000846. The van der Waals surface area contributed by atoms with Crippen molar-refractivity contribution in [1.82, 2.24) is 5.32 Å². The van der Waals surface area contributed by atoms with Crippen molar-refractivity contribution in [2.24, 2.45) is 5.92 Å². The van der Waals surface area contributed by atoms with E-state index in [9.17, 15) is 18.0 Å². The van der Waals surface area contributed by atoms with Crippen molar-refractivity contribution in [3.63, 3.8) is 0 Å². The monoisotopic (exact) mass is 303 g/mol. The Bertz CT molecular complexity index is 467. The van der Waals surface area contributed by atoms with Gasteiger partial charge in [0.2, 0.25) is 0 Å². The number of hydrogen-bond donors (Lipinski definition) is 1. The number of nitrogens with one attached hydrogen (secondary N) is 1. The van der Waals surface area contributed by atoms with Gasteiger partial charge >= 0.3 is 6.36 Å². The smallest absolute Gasteiger partial charge is 0.486 e. The van der Waals surface area contributed by atoms with Crippen LogP contribution in [-0.4, -0.2) is 31.8 Å². The first kappa shape index (κ1) is 15.6. The van der Waals surface area contributed by atoms with Gasteiger partial charge in [0.25, 0.3) is 0 Å². The standard InChI is InChI=1S/C14H16F3NO3/c15-14(16,17)21-12-3-1-11(2-4-12)20-9-13(19)10-5-7-18-8-6-10/h1-4,10,18H,5-9H2. The molecule has 0 unspecified atom stereocenters. The first-order chi connectivity index (χ1) is 9.94. The van der Waals surface area contributed by atoms with Gasteiger partial charge in [-0.3, -0.25) is 4.79 Å². The third-order valence-electron chi connectivity index (χ3n) is 3.23. The molecule has 7 heteroatoms. The lowest BCUT2D eigenvalue weighted by molar-refractivity contribution is -0.274. The summed E-state index contributed by atoms with van der Waals surface area (Å²) in [4.78, 5) is 11.9. The molecule has 0 radical (unpaired) electrons. The SMILES string of the molecule is O=C(COc1ccc(OC(F)(F)F)cc1)C1CCNCC1. The maximum atomic E-state index is 12.0. The Morgan fingerprint density at radius 2 is 1.71 bits per heavy atom. The molecule has 1 aromatic carbocycles. The molecule has 1 heterocycles. The molecule has 0 spiro atoms. The fourth-order valence-corrected chi connectivity index (χ4v) is 2.15. The number of alkyl halides is 3. The van der Waals surface area contributed by atoms with Crippen LogP contribution in [0.5, 0.6) is 11.5 Å². The van der Waals surface area contributed by atoms with Gasteiger partial charge in [-0.2, -0.15) is 0 Å². The van der Waals surface area contributed by atoms with Gasteiger partial charge in [-0.1, -0.05) is 0 Å². The Hall–Kier alpha value is -1.76. The third kappa shape index (κ3) is 5.26. The van der Waals surface area contributed by atoms with Gasteiger partial charge in [-0.05, 0) is 50.2 Å². The van der Waals surface area contributed by atoms with Crippen LogP contribution < -0.4 is 14.8 Å². The van der Waals surface area contributed by atoms with Gasteiger partial charge in [0, 0.05) is 5.92 Å². The van der Waals surface area contributed by atoms with Crippen LogP contribution in [0, 0.1) is 5.92 Å². The van der Waals surface area contributed by atoms with E-state index in [1.807, 2.05) is 0 Å². The van der Waals surface area contributed by atoms with E-state index in [0.717, 1.165) is 38.1 Å². The lowest BCUT2D eigenvalue weighted by atomic mass is 9.94. The van der Waals surface area contributed by atoms with Crippen molar-refractivity contribution in [3.05, 3.63) is 24.3 Å². The maximum absolute atomic E-state index is 12.0. The molecule has 4 nitrogen and oxygen atoms in total. The number of hydrogen-bond acceptors (Lipinski definition) is 4. The third-order valence-corrected chi connectivity index (χ3v) is 3.23. The summed E-state index contributed by atoms with van der Waals surface area (Å²) in [6.07, 6.45) is -3.13. The highest BCUT2D eigenvalue weighted by Crippen LogP contribution is 2.24. The van der Waals surface area contributed by atoms with E-state index in [4.69, 9.17) is 4.74 Å². The van der Waals surface area contributed by atoms with E-state index >= 15 is 0 Å². The molecule has 1 fully saturated rings. The number of carbonyl (C=O) groups is 1. The molecule has 21 heavy (non-hydrogen) atoms. The van der Waals surface area contributed by atoms with E-state index < -0.39 is 6.36 Å². The van der Waals surface area contributed by atoms with Crippen LogP contribution in [-0.2, 0) is 4.79 Å². The zero-order valence-corrected chi connectivity index (χ0v) is 11.3. The van der Waals surface area contributed by atoms with Crippen LogP contribution in [0.15, 0.2) is 24.3 Å². The van der Waals surface area contributed by atoms with Gasteiger partial charge in [-0.25, -0.2) is 0 Å². The second-order valence-electron chi connectivity index (χ2n) is 4.80. The summed E-state index contributed by atoms with van der Waals surface area (Å²) in [6.45, 7) is 1.57. The predicted molar refractivity (Wildman–Crippen MR) is 69.2 cm³/mol. The quantitative estimate of drug-likeness (QED) is 0.908. The lowest BCUT2D eigenvalue weighted by Gasteiger charge is -2.21. The van der Waals surface area contributed by atoms with Crippen molar-refractivity contribution in [2.45, 2.75) is 19.2 Å². The largest absolute Gasteiger partial charge is 0.573 e. The zero-order valence-electron chi connectivity index (χ0n) is 11.3. The topological polar surface area (TPSA) is 47.6 Å². The van der Waals surface area contributed by atoms with Crippen LogP contribution in [0.4, 0.5) is 13.2 Å². The minimum atomic E-state index is -4.71. The van der Waals surface area contributed by atoms with Gasteiger partial charge < -0.3 is 14.8 Å². The molecule has 1 aliphatic heterocycles. The average Bonchev–Trinajstić information content (AvgIpc) is 2.45. The van der Waals surface area contributed by atoms with E-state index in [2.05, 4.69) is 10.1 Å². The number of ether oxygens (including phenoxy) is 2. The average molecular weight is 303 g/mol. The Morgan fingerprint density at radius 3 is 2.29 bits per heavy atom. The van der Waals surface area contributed by atoms with E-state index in [-0.39, 0.29) is 24.1 Å². The fourth-order valence-electron chi connectivity index (χ4n) is 2.15. The van der Waals surface area contributed by atoms with Gasteiger partial charge in [-0.15, -0.1) is 13.2 Å². The number of piperidine rings is 1. The van der Waals surface area contributed by atoms with E-state index in [1.165, 1.54) is 12.1 Å². The molecular weight excluding hydrogens is 287 g/mol. The van der Waals surface area contributed by atoms with Gasteiger partial charge in [0.1, 0.15) is 18.1 Å². The normalized spacial score (nSPS) is 16.5. The van der Waals surface area contributed by atoms with Crippen LogP contribution in [0.3, 0.4) is 0 Å². The Labute approximate surface area is 120 Å². The Kier molecular flexibility index (Phi) is 5.06. The summed E-state index contributed by atoms with van der Waals surface area (Å²) in [6, 6.07) is 4.99. The summed E-state index contributed by atoms with van der Waals surface area (Å²) >= 11 is 0. The molecule has 2 rings (SSSR count). The fraction of sp³-hybridized carbons (Fsp3) is 0.500. The van der Waals surface area contributed by atoms with Crippen molar-refractivity contribution >= 4 is 5.78 Å². The molecule has 1 N–H and O–H groups in total. The second kappa shape index (κ2) is 6.80. The van der Waals surface area contributed by atoms with Gasteiger partial charge in [0.05, 0.1) is 0 Å². The molecule has 0 atom stereocenters. The van der Waals surface area contributed by atoms with Crippen LogP contribution >= 0.6 is 0 Å². The second-order valence-corrected chi connectivity index (χ2v) is 4.80. The maximum Gasteiger partial charge on any atom is 0.573 e. The molecule has 1 saturated heterocycles. The zero-order chi connectivity index (χ0) is 15.3. The molecule has 0 aromatic heterocycles. The molecule has 1 aromatic rings. The van der Waals surface area contributed by atoms with Crippen LogP contribution in [0.1, 0.15) is 12.8 Å². The van der Waals surface area contributed by atoms with Crippen molar-refractivity contribution < 1.29 is 27.4 Å². The number of benzene rings is 1. The highest BCUT2D eigenvalue weighted by Gasteiger charge is 2.31. The number of Topliss-reactive ketones (excluding diaryl/α,β-unsaturated/α-hetero) is 1. The number of halogens is 3. The minimum Gasteiger partial charge on any atom is -0.486 e. The molecule has 0 saturated carbocycles. The van der Waals surface area contributed by atoms with Crippen molar-refractivity contribution in [3.8, 4) is 11.5 Å². The highest BCUT2D eigenvalue weighted by molar-refractivity contribution is 5.82. The first-order valence-electron chi connectivity index (χ1n) is 6.66. The van der Waals surface area contributed by atoms with Crippen LogP contribution in [0.25, 0.3) is 0 Å². The molecule has 0 amide bonds. The Balaban J connectivity index is 1.81. The Morgan fingerprint density at radius 1 is 1.14 bits per heavy atom. The molecule has 116 valence electrons. The molecular formula is C14H16F3NO3. The molecule has 1 aliphatic rings. The summed E-state index contributed by atoms with van der Waals surface area (Å²) in [5, 5.41) is 3.17. The van der Waals surface area contributed by atoms with Crippen molar-refractivity contribution in [2.75, 3.05) is 19.7 Å². The predicted octanol–water partition coefficient (Wildman–Crippen LogP) is 2.53. The lowest BCUT2D eigenvalue weighted by Crippen LogP contribution is -2.33. The molecule has 0 aliphatic carbocycles. The van der Waals surface area contributed by atoms with Gasteiger partial charge in [0.15, 0.2) is 5.78 Å². The first-order valence-corrected chi connectivity index (χ1v) is 6.66. The van der Waals surface area contributed by atoms with Crippen molar-refractivity contribution in [1.29, 1.82) is 0 Å². The highest BCUT2D eigenvalue weighted by atomic mass is 19.4. The van der Waals surface area contributed by atoms with E-state index in [1.54, 1.807) is 0 Å². The summed E-state index contributed by atoms with van der Waals surface area (Å²) < 4.78 is 45.0.